The summed E-state index contributed by atoms with van der Waals surface area (Å²) in [7, 11) is 0. The molecule has 1 amide bonds. The monoisotopic (exact) mass is 401 g/mol. The van der Waals surface area contributed by atoms with Gasteiger partial charge in [-0.05, 0) is 41.5 Å². The lowest BCUT2D eigenvalue weighted by Crippen LogP contribution is -2.45. The van der Waals surface area contributed by atoms with Crippen LogP contribution in [0, 0.1) is 5.82 Å². The smallest absolute Gasteiger partial charge is 0.275 e. The molecular weight excluding hydrogens is 381 g/mol. The number of hydrogen-bond donors (Lipinski definition) is 0. The van der Waals surface area contributed by atoms with E-state index >= 15 is 0 Å². The minimum Gasteiger partial charge on any atom is -0.469 e. The molecule has 30 heavy (non-hydrogen) atoms. The number of anilines is 1. The number of nitrogens with zero attached hydrogens (tertiary/aromatic N) is 3. The van der Waals surface area contributed by atoms with Crippen molar-refractivity contribution in [3.05, 3.63) is 102 Å². The van der Waals surface area contributed by atoms with Crippen LogP contribution in [-0.2, 0) is 17.6 Å². The normalized spacial score (nSPS) is 16.2. The fourth-order valence-corrected chi connectivity index (χ4v) is 3.92. The van der Waals surface area contributed by atoms with Gasteiger partial charge in [-0.15, -0.1) is 0 Å². The van der Waals surface area contributed by atoms with Gasteiger partial charge in [0.15, 0.2) is 0 Å². The Hall–Kier alpha value is -3.67. The summed E-state index contributed by atoms with van der Waals surface area (Å²) in [5.41, 5.74) is 2.96. The Bertz CT molecular complexity index is 1140. The lowest BCUT2D eigenvalue weighted by Gasteiger charge is -2.36. The highest BCUT2D eigenvalue weighted by Gasteiger charge is 2.37. The summed E-state index contributed by atoms with van der Waals surface area (Å²) < 4.78 is 19.7. The molecule has 5 nitrogen and oxygen atoms in total. The van der Waals surface area contributed by atoms with E-state index in [1.165, 1.54) is 6.07 Å². The summed E-state index contributed by atoms with van der Waals surface area (Å²) in [6.07, 6.45) is 2.32. The van der Waals surface area contributed by atoms with Crippen LogP contribution in [0.15, 0.2) is 93.8 Å². The number of carbonyl (C=O) groups is 1. The number of aliphatic imine (C=N–C) groups is 1. The predicted molar refractivity (Wildman–Crippen MR) is 112 cm³/mol. The number of hydrogen-bond acceptors (Lipinski definition) is 4. The molecule has 3 heterocycles. The first-order valence-electron chi connectivity index (χ1n) is 9.86. The van der Waals surface area contributed by atoms with E-state index in [4.69, 9.17) is 4.42 Å². The van der Waals surface area contributed by atoms with E-state index in [0.717, 1.165) is 11.3 Å². The predicted octanol–water partition coefficient (Wildman–Crippen LogP) is 4.18. The maximum atomic E-state index is 14.3. The van der Waals surface area contributed by atoms with Gasteiger partial charge in [-0.3, -0.25) is 9.69 Å². The van der Waals surface area contributed by atoms with Gasteiger partial charge in [0.1, 0.15) is 29.8 Å². The van der Waals surface area contributed by atoms with E-state index < -0.39 is 0 Å². The second-order valence-electron chi connectivity index (χ2n) is 7.42. The van der Waals surface area contributed by atoms with E-state index in [0.29, 0.717) is 48.9 Å². The van der Waals surface area contributed by atoms with E-state index in [1.54, 1.807) is 29.4 Å². The number of carbonyl (C=O) groups excluding carboxylic acids is 1. The molecule has 2 aliphatic heterocycles. The highest BCUT2D eigenvalue weighted by molar-refractivity contribution is 6.41. The van der Waals surface area contributed by atoms with Gasteiger partial charge in [-0.25, -0.2) is 9.38 Å². The Morgan fingerprint density at radius 1 is 0.967 bits per heavy atom. The Kier molecular flexibility index (Phi) is 4.67. The maximum Gasteiger partial charge on any atom is 0.275 e. The average molecular weight is 401 g/mol. The molecule has 6 heteroatoms. The fraction of sp³-hybridized carbons (Fsp3) is 0.167. The Balaban J connectivity index is 1.52. The van der Waals surface area contributed by atoms with Crippen LogP contribution < -0.4 is 4.90 Å². The molecule has 0 saturated carbocycles. The summed E-state index contributed by atoms with van der Waals surface area (Å²) >= 11 is 0. The highest BCUT2D eigenvalue weighted by Crippen LogP contribution is 2.31. The van der Waals surface area contributed by atoms with E-state index in [-0.39, 0.29) is 11.7 Å². The maximum absolute atomic E-state index is 14.3. The van der Waals surface area contributed by atoms with Gasteiger partial charge >= 0.3 is 0 Å². The van der Waals surface area contributed by atoms with Crippen LogP contribution in [0.25, 0.3) is 0 Å². The van der Waals surface area contributed by atoms with Crippen molar-refractivity contribution < 1.29 is 13.6 Å². The van der Waals surface area contributed by atoms with Crippen LogP contribution in [0.2, 0.25) is 0 Å². The molecule has 0 radical (unpaired) electrons. The summed E-state index contributed by atoms with van der Waals surface area (Å²) in [5, 5.41) is 0. The molecule has 150 valence electrons. The summed E-state index contributed by atoms with van der Waals surface area (Å²) in [6.45, 7) is 0.985. The Labute approximate surface area is 173 Å². The van der Waals surface area contributed by atoms with Crippen LogP contribution in [-0.4, -0.2) is 29.7 Å². The van der Waals surface area contributed by atoms with Gasteiger partial charge in [0, 0.05) is 18.7 Å². The van der Waals surface area contributed by atoms with Gasteiger partial charge in [0.05, 0.1) is 12.7 Å². The van der Waals surface area contributed by atoms with Crippen molar-refractivity contribution in [3.63, 3.8) is 0 Å². The average Bonchev–Trinajstić information content (AvgIpc) is 3.39. The molecule has 0 spiro atoms. The van der Waals surface area contributed by atoms with Crippen molar-refractivity contribution in [3.8, 4) is 0 Å². The van der Waals surface area contributed by atoms with Gasteiger partial charge in [0.2, 0.25) is 0 Å². The molecule has 0 bridgehead atoms. The molecule has 0 aliphatic carbocycles. The summed E-state index contributed by atoms with van der Waals surface area (Å²) in [6, 6.07) is 20.3. The standard InChI is InChI=1S/C24H20FN3O2/c25-21-11-5-4-7-17(21)13-18-15-27(19-8-2-1-3-9-19)16-28-23(18)26-22(24(28)29)14-20-10-6-12-30-20/h1-12H,13-16H2. The van der Waals surface area contributed by atoms with Gasteiger partial charge in [-0.1, -0.05) is 36.4 Å². The van der Waals surface area contributed by atoms with Crippen LogP contribution in [0.4, 0.5) is 10.1 Å². The number of fused-ring (bicyclic) bond motifs is 1. The van der Waals surface area contributed by atoms with Crippen molar-refractivity contribution in [2.45, 2.75) is 12.8 Å². The Morgan fingerprint density at radius 3 is 2.53 bits per heavy atom. The summed E-state index contributed by atoms with van der Waals surface area (Å²) in [4.78, 5) is 21.6. The van der Waals surface area contributed by atoms with E-state index in [1.807, 2.05) is 42.5 Å². The molecule has 0 fully saturated rings. The topological polar surface area (TPSA) is 49.1 Å². The SMILES string of the molecule is O=C1C(Cc2ccco2)=NC2=C(Cc3ccccc3F)CN(c3ccccc3)CN12. The van der Waals surface area contributed by atoms with Crippen molar-refractivity contribution in [2.24, 2.45) is 4.99 Å². The van der Waals surface area contributed by atoms with Gasteiger partial charge in [-0.2, -0.15) is 0 Å². The van der Waals surface area contributed by atoms with Gasteiger partial charge < -0.3 is 9.32 Å². The van der Waals surface area contributed by atoms with E-state index in [9.17, 15) is 9.18 Å². The Morgan fingerprint density at radius 2 is 1.77 bits per heavy atom. The molecule has 0 saturated heterocycles. The number of halogens is 1. The minimum atomic E-state index is -0.252. The largest absolute Gasteiger partial charge is 0.469 e. The minimum absolute atomic E-state index is 0.131. The lowest BCUT2D eigenvalue weighted by atomic mass is 10.0. The zero-order chi connectivity index (χ0) is 20.5. The first kappa shape index (κ1) is 18.4. The number of rotatable bonds is 5. The quantitative estimate of drug-likeness (QED) is 0.645. The van der Waals surface area contributed by atoms with E-state index in [2.05, 4.69) is 9.89 Å². The van der Waals surface area contributed by atoms with Crippen LogP contribution in [0.5, 0.6) is 0 Å². The molecule has 5 rings (SSSR count). The number of benzene rings is 2. The van der Waals surface area contributed by atoms with Crippen molar-refractivity contribution in [2.75, 3.05) is 18.1 Å². The van der Waals surface area contributed by atoms with Crippen molar-refractivity contribution in [1.29, 1.82) is 0 Å². The third-order valence-electron chi connectivity index (χ3n) is 5.40. The first-order valence-corrected chi connectivity index (χ1v) is 9.86. The molecule has 3 aromatic rings. The third kappa shape index (κ3) is 3.41. The number of amides is 1. The second-order valence-corrected chi connectivity index (χ2v) is 7.42. The molecule has 0 atom stereocenters. The van der Waals surface area contributed by atoms with Crippen LogP contribution >= 0.6 is 0 Å². The molecule has 0 unspecified atom stereocenters. The molecular formula is C24H20FN3O2. The van der Waals surface area contributed by atoms with Crippen molar-refractivity contribution >= 4 is 17.3 Å². The zero-order valence-corrected chi connectivity index (χ0v) is 16.3. The van der Waals surface area contributed by atoms with Crippen LogP contribution in [0.3, 0.4) is 0 Å². The third-order valence-corrected chi connectivity index (χ3v) is 5.40. The lowest BCUT2D eigenvalue weighted by molar-refractivity contribution is -0.121. The molecule has 2 aliphatic rings. The van der Waals surface area contributed by atoms with Crippen molar-refractivity contribution in [1.82, 2.24) is 4.90 Å². The van der Waals surface area contributed by atoms with Crippen LogP contribution in [0.1, 0.15) is 11.3 Å². The fourth-order valence-electron chi connectivity index (χ4n) is 3.92. The molecule has 0 N–H and O–H groups in total. The zero-order valence-electron chi connectivity index (χ0n) is 16.3. The number of furan rings is 1. The molecule has 2 aromatic carbocycles. The highest BCUT2D eigenvalue weighted by atomic mass is 19.1. The molecule has 1 aromatic heterocycles. The number of para-hydroxylation sites is 1. The second kappa shape index (κ2) is 7.63. The summed E-state index contributed by atoms with van der Waals surface area (Å²) in [5.74, 6) is 0.946. The van der Waals surface area contributed by atoms with Gasteiger partial charge in [0.25, 0.3) is 5.91 Å². The first-order chi connectivity index (χ1) is 14.7.